The maximum atomic E-state index is 10.6. The molecule has 0 fully saturated rings. The van der Waals surface area contributed by atoms with Crippen molar-refractivity contribution in [1.29, 1.82) is 0 Å². The second kappa shape index (κ2) is 9.28. The average molecular weight is 279 g/mol. The van der Waals surface area contributed by atoms with Crippen LogP contribution < -0.4 is 5.32 Å². The highest BCUT2D eigenvalue weighted by Crippen LogP contribution is 2.18. The van der Waals surface area contributed by atoms with Crippen molar-refractivity contribution in [2.75, 3.05) is 11.9 Å². The molecule has 0 aromatic carbocycles. The number of aliphatic carboxylic acids is 1. The lowest BCUT2D eigenvalue weighted by Gasteiger charge is -2.15. The van der Waals surface area contributed by atoms with Crippen LogP contribution in [0.25, 0.3) is 0 Å². The maximum absolute atomic E-state index is 10.6. The first-order chi connectivity index (χ1) is 9.65. The topological polar surface area (TPSA) is 75.1 Å². The minimum absolute atomic E-state index is 0.262. The third-order valence-corrected chi connectivity index (χ3v) is 3.41. The lowest BCUT2D eigenvalue weighted by molar-refractivity contribution is -0.137. The van der Waals surface area contributed by atoms with Gasteiger partial charge in [0.15, 0.2) is 0 Å². The average Bonchev–Trinajstić information content (AvgIpc) is 2.45. The highest BCUT2D eigenvalue weighted by Gasteiger charge is 2.10. The molecule has 2 N–H and O–H groups in total. The molecule has 1 rings (SSSR count). The van der Waals surface area contributed by atoms with Crippen molar-refractivity contribution >= 4 is 11.8 Å². The first-order valence-electron chi connectivity index (χ1n) is 7.42. The van der Waals surface area contributed by atoms with Crippen LogP contribution in [0.5, 0.6) is 0 Å². The van der Waals surface area contributed by atoms with Crippen LogP contribution in [0.3, 0.4) is 0 Å². The smallest absolute Gasteiger partial charge is 0.303 e. The van der Waals surface area contributed by atoms with Crippen LogP contribution in [0.2, 0.25) is 0 Å². The Morgan fingerprint density at radius 3 is 2.75 bits per heavy atom. The molecular weight excluding hydrogens is 254 g/mol. The standard InChI is InChI=1S/C15H25N3O2/c1-3-5-12(6-7-15(19)20)8-9-16-14-10-13(4-2)17-11-18-14/h10-12H,3-9H2,1-2H3,(H,19,20)(H,16,17,18). The van der Waals surface area contributed by atoms with Crippen molar-refractivity contribution in [3.8, 4) is 0 Å². The van der Waals surface area contributed by atoms with Gasteiger partial charge in [0.1, 0.15) is 12.1 Å². The van der Waals surface area contributed by atoms with Crippen LogP contribution in [0.1, 0.15) is 51.6 Å². The summed E-state index contributed by atoms with van der Waals surface area (Å²) in [6.45, 7) is 5.03. The maximum Gasteiger partial charge on any atom is 0.303 e. The molecule has 1 heterocycles. The molecule has 1 atom stereocenters. The lowest BCUT2D eigenvalue weighted by Crippen LogP contribution is -2.12. The summed E-state index contributed by atoms with van der Waals surface area (Å²) in [5, 5.41) is 12.1. The number of aromatic nitrogens is 2. The zero-order valence-corrected chi connectivity index (χ0v) is 12.4. The molecule has 0 bridgehead atoms. The monoisotopic (exact) mass is 279 g/mol. The van der Waals surface area contributed by atoms with Gasteiger partial charge in [-0.15, -0.1) is 0 Å². The summed E-state index contributed by atoms with van der Waals surface area (Å²) in [4.78, 5) is 19.0. The quantitative estimate of drug-likeness (QED) is 0.688. The zero-order valence-electron chi connectivity index (χ0n) is 12.4. The van der Waals surface area contributed by atoms with E-state index in [1.165, 1.54) is 0 Å². The van der Waals surface area contributed by atoms with E-state index >= 15 is 0 Å². The number of hydrogen-bond acceptors (Lipinski definition) is 4. The Kier molecular flexibility index (Phi) is 7.62. The van der Waals surface area contributed by atoms with Crippen molar-refractivity contribution in [2.45, 2.75) is 52.4 Å². The Labute approximate surface area is 120 Å². The predicted molar refractivity (Wildman–Crippen MR) is 79.8 cm³/mol. The summed E-state index contributed by atoms with van der Waals surface area (Å²) in [5.74, 6) is 0.615. The number of nitrogens with zero attached hydrogens (tertiary/aromatic N) is 2. The van der Waals surface area contributed by atoms with Crippen LogP contribution in [0.4, 0.5) is 5.82 Å². The molecule has 5 heteroatoms. The van der Waals surface area contributed by atoms with Gasteiger partial charge in [-0.05, 0) is 25.2 Å². The van der Waals surface area contributed by atoms with Gasteiger partial charge in [-0.25, -0.2) is 9.97 Å². The molecule has 1 aromatic rings. The first kappa shape index (κ1) is 16.4. The number of nitrogens with one attached hydrogen (secondary N) is 1. The third-order valence-electron chi connectivity index (χ3n) is 3.41. The zero-order chi connectivity index (χ0) is 14.8. The van der Waals surface area contributed by atoms with E-state index in [1.54, 1.807) is 6.33 Å². The minimum Gasteiger partial charge on any atom is -0.481 e. The van der Waals surface area contributed by atoms with E-state index in [-0.39, 0.29) is 6.42 Å². The van der Waals surface area contributed by atoms with Crippen molar-refractivity contribution in [3.05, 3.63) is 18.1 Å². The Morgan fingerprint density at radius 1 is 1.30 bits per heavy atom. The summed E-state index contributed by atoms with van der Waals surface area (Å²) in [7, 11) is 0. The molecule has 0 aliphatic rings. The van der Waals surface area contributed by atoms with E-state index in [2.05, 4.69) is 29.1 Å². The summed E-state index contributed by atoms with van der Waals surface area (Å²) in [6.07, 6.45) is 6.65. The van der Waals surface area contributed by atoms with Gasteiger partial charge >= 0.3 is 5.97 Å². The first-order valence-corrected chi connectivity index (χ1v) is 7.42. The number of carboxylic acids is 1. The van der Waals surface area contributed by atoms with E-state index < -0.39 is 5.97 Å². The third kappa shape index (κ3) is 6.50. The van der Waals surface area contributed by atoms with Gasteiger partial charge < -0.3 is 10.4 Å². The molecule has 0 aliphatic heterocycles. The van der Waals surface area contributed by atoms with Crippen LogP contribution >= 0.6 is 0 Å². The normalized spacial score (nSPS) is 12.1. The van der Waals surface area contributed by atoms with Crippen LogP contribution in [0.15, 0.2) is 12.4 Å². The molecule has 5 nitrogen and oxygen atoms in total. The Bertz CT molecular complexity index is 410. The van der Waals surface area contributed by atoms with E-state index in [9.17, 15) is 4.79 Å². The van der Waals surface area contributed by atoms with Crippen molar-refractivity contribution in [3.63, 3.8) is 0 Å². The number of hydrogen-bond donors (Lipinski definition) is 2. The Hall–Kier alpha value is -1.65. The van der Waals surface area contributed by atoms with Gasteiger partial charge in [0, 0.05) is 24.7 Å². The van der Waals surface area contributed by atoms with Gasteiger partial charge in [-0.2, -0.15) is 0 Å². The fraction of sp³-hybridized carbons (Fsp3) is 0.667. The molecule has 0 radical (unpaired) electrons. The SMILES string of the molecule is CCCC(CCNc1cc(CC)ncn1)CCC(=O)O. The van der Waals surface area contributed by atoms with E-state index in [0.717, 1.165) is 50.2 Å². The summed E-state index contributed by atoms with van der Waals surface area (Å²) in [5.41, 5.74) is 1.03. The van der Waals surface area contributed by atoms with Crippen LogP contribution in [-0.2, 0) is 11.2 Å². The van der Waals surface area contributed by atoms with E-state index in [1.807, 2.05) is 6.07 Å². The van der Waals surface area contributed by atoms with Crippen LogP contribution in [-0.4, -0.2) is 27.6 Å². The second-order valence-electron chi connectivity index (χ2n) is 5.05. The fourth-order valence-corrected chi connectivity index (χ4v) is 2.26. The molecule has 0 amide bonds. The largest absolute Gasteiger partial charge is 0.481 e. The van der Waals surface area contributed by atoms with Gasteiger partial charge in [-0.3, -0.25) is 4.79 Å². The number of rotatable bonds is 10. The van der Waals surface area contributed by atoms with Gasteiger partial charge in [0.05, 0.1) is 0 Å². The number of aryl methyl sites for hydroxylation is 1. The van der Waals surface area contributed by atoms with Gasteiger partial charge in [0.2, 0.25) is 0 Å². The predicted octanol–water partition coefficient (Wildman–Crippen LogP) is 3.12. The number of anilines is 1. The van der Waals surface area contributed by atoms with Crippen molar-refractivity contribution in [1.82, 2.24) is 9.97 Å². The number of carbonyl (C=O) groups is 1. The molecule has 0 spiro atoms. The number of carboxylic acid groups (broad SMARTS) is 1. The molecule has 1 unspecified atom stereocenters. The molecule has 0 aliphatic carbocycles. The highest BCUT2D eigenvalue weighted by atomic mass is 16.4. The van der Waals surface area contributed by atoms with Gasteiger partial charge in [-0.1, -0.05) is 26.7 Å². The van der Waals surface area contributed by atoms with Crippen LogP contribution in [0, 0.1) is 5.92 Å². The van der Waals surface area contributed by atoms with Crippen molar-refractivity contribution < 1.29 is 9.90 Å². The minimum atomic E-state index is -0.706. The summed E-state index contributed by atoms with van der Waals surface area (Å²) in [6, 6.07) is 1.96. The Morgan fingerprint density at radius 2 is 2.10 bits per heavy atom. The van der Waals surface area contributed by atoms with Crippen molar-refractivity contribution in [2.24, 2.45) is 5.92 Å². The second-order valence-corrected chi connectivity index (χ2v) is 5.05. The molecule has 0 saturated carbocycles. The van der Waals surface area contributed by atoms with Gasteiger partial charge in [0.25, 0.3) is 0 Å². The summed E-state index contributed by atoms with van der Waals surface area (Å²) < 4.78 is 0. The molecule has 112 valence electrons. The lowest BCUT2D eigenvalue weighted by atomic mass is 9.94. The van der Waals surface area contributed by atoms with E-state index in [0.29, 0.717) is 5.92 Å². The van der Waals surface area contributed by atoms with E-state index in [4.69, 9.17) is 5.11 Å². The highest BCUT2D eigenvalue weighted by molar-refractivity contribution is 5.66. The molecule has 20 heavy (non-hydrogen) atoms. The Balaban J connectivity index is 2.36. The molecule has 1 aromatic heterocycles. The summed E-state index contributed by atoms with van der Waals surface area (Å²) >= 11 is 0. The molecular formula is C15H25N3O2. The molecule has 0 saturated heterocycles. The fourth-order valence-electron chi connectivity index (χ4n) is 2.26.